The molecule has 2 aromatic carbocycles. The van der Waals surface area contributed by atoms with Gasteiger partial charge in [-0.2, -0.15) is 0 Å². The largest absolute Gasteiger partial charge is 0.135 e. The van der Waals surface area contributed by atoms with Gasteiger partial charge < -0.3 is 0 Å². The maximum Gasteiger partial charge on any atom is 0.0366 e. The van der Waals surface area contributed by atoms with E-state index in [-0.39, 0.29) is 0 Å². The van der Waals surface area contributed by atoms with E-state index < -0.39 is 0 Å². The Morgan fingerprint density at radius 1 is 0.938 bits per heavy atom. The molecule has 0 atom stereocenters. The number of thiophene rings is 1. The summed E-state index contributed by atoms with van der Waals surface area (Å²) in [6.07, 6.45) is 0. The zero-order chi connectivity index (χ0) is 11.3. The summed E-state index contributed by atoms with van der Waals surface area (Å²) in [5.41, 5.74) is 1.29. The Morgan fingerprint density at radius 2 is 1.69 bits per heavy atom. The lowest BCUT2D eigenvalue weighted by Crippen LogP contribution is -1.74. The van der Waals surface area contributed by atoms with Gasteiger partial charge in [0.15, 0.2) is 0 Å². The van der Waals surface area contributed by atoms with Crippen molar-refractivity contribution >= 4 is 63.4 Å². The van der Waals surface area contributed by atoms with E-state index in [9.17, 15) is 0 Å². The molecule has 1 heterocycles. The first-order valence-corrected chi connectivity index (χ1v) is 7.33. The standard InChI is InChI=1S/C13H8Br2S/c1-7-4-10-9-3-2-8(14)5-12(9)16-13(10)6-11(7)15/h2-6H,1H3. The summed E-state index contributed by atoms with van der Waals surface area (Å²) in [6, 6.07) is 10.9. The number of hydrogen-bond donors (Lipinski definition) is 0. The molecule has 16 heavy (non-hydrogen) atoms. The molecule has 3 rings (SSSR count). The molecule has 0 saturated heterocycles. The smallest absolute Gasteiger partial charge is 0.0366 e. The van der Waals surface area contributed by atoms with E-state index in [1.807, 2.05) is 11.3 Å². The molecule has 1 aromatic heterocycles. The van der Waals surface area contributed by atoms with Crippen LogP contribution < -0.4 is 0 Å². The molecule has 0 aliphatic rings. The van der Waals surface area contributed by atoms with Crippen molar-refractivity contribution in [2.75, 3.05) is 0 Å². The predicted octanol–water partition coefficient (Wildman–Crippen LogP) is 5.89. The Labute approximate surface area is 115 Å². The van der Waals surface area contributed by atoms with Gasteiger partial charge in [-0.25, -0.2) is 0 Å². The minimum absolute atomic E-state index is 1.14. The van der Waals surface area contributed by atoms with Crippen LogP contribution in [0.4, 0.5) is 0 Å². The molecule has 0 N–H and O–H groups in total. The summed E-state index contributed by atoms with van der Waals surface area (Å²) in [7, 11) is 0. The van der Waals surface area contributed by atoms with Crippen molar-refractivity contribution in [2.24, 2.45) is 0 Å². The Hall–Kier alpha value is -0.380. The Bertz CT molecular complexity index is 698. The van der Waals surface area contributed by atoms with Gasteiger partial charge in [-0.3, -0.25) is 0 Å². The minimum atomic E-state index is 1.14. The molecular weight excluding hydrogens is 348 g/mol. The first-order chi connectivity index (χ1) is 7.65. The molecule has 0 aliphatic carbocycles. The lowest BCUT2D eigenvalue weighted by Gasteiger charge is -1.98. The van der Waals surface area contributed by atoms with Crippen molar-refractivity contribution < 1.29 is 0 Å². The van der Waals surface area contributed by atoms with Crippen molar-refractivity contribution in [3.63, 3.8) is 0 Å². The monoisotopic (exact) mass is 354 g/mol. The van der Waals surface area contributed by atoms with Gasteiger partial charge in [-0.15, -0.1) is 11.3 Å². The van der Waals surface area contributed by atoms with E-state index in [2.05, 4.69) is 69.1 Å². The molecule has 0 aliphatic heterocycles. The van der Waals surface area contributed by atoms with Crippen molar-refractivity contribution in [1.29, 1.82) is 0 Å². The van der Waals surface area contributed by atoms with Crippen molar-refractivity contribution in [3.8, 4) is 0 Å². The lowest BCUT2D eigenvalue weighted by molar-refractivity contribution is 1.47. The molecule has 0 unspecified atom stereocenters. The highest BCUT2D eigenvalue weighted by Crippen LogP contribution is 2.37. The second-order valence-corrected chi connectivity index (χ2v) is 6.69. The second kappa shape index (κ2) is 3.83. The molecule has 0 spiro atoms. The highest BCUT2D eigenvalue weighted by atomic mass is 79.9. The van der Waals surface area contributed by atoms with Crippen LogP contribution in [0.5, 0.6) is 0 Å². The summed E-state index contributed by atoms with van der Waals surface area (Å²) >= 11 is 8.94. The van der Waals surface area contributed by atoms with E-state index in [1.54, 1.807) is 0 Å². The van der Waals surface area contributed by atoms with Crippen LogP contribution in [0, 0.1) is 6.92 Å². The highest BCUT2D eigenvalue weighted by molar-refractivity contribution is 9.10. The van der Waals surface area contributed by atoms with Gasteiger partial charge in [0.25, 0.3) is 0 Å². The second-order valence-electron chi connectivity index (χ2n) is 3.84. The van der Waals surface area contributed by atoms with E-state index in [4.69, 9.17) is 0 Å². The van der Waals surface area contributed by atoms with Crippen LogP contribution >= 0.6 is 43.2 Å². The molecule has 80 valence electrons. The topological polar surface area (TPSA) is 0 Å². The first-order valence-electron chi connectivity index (χ1n) is 4.93. The van der Waals surface area contributed by atoms with E-state index in [0.29, 0.717) is 0 Å². The number of rotatable bonds is 0. The van der Waals surface area contributed by atoms with Crippen LogP contribution in [0.1, 0.15) is 5.56 Å². The summed E-state index contributed by atoms with van der Waals surface area (Å²) in [5.74, 6) is 0. The maximum atomic E-state index is 3.59. The lowest BCUT2D eigenvalue weighted by atomic mass is 10.1. The van der Waals surface area contributed by atoms with Crippen molar-refractivity contribution in [3.05, 3.63) is 44.8 Å². The fourth-order valence-electron chi connectivity index (χ4n) is 1.88. The van der Waals surface area contributed by atoms with Gasteiger partial charge in [0, 0.05) is 29.1 Å². The zero-order valence-corrected chi connectivity index (χ0v) is 12.5. The van der Waals surface area contributed by atoms with Gasteiger partial charge in [0.05, 0.1) is 0 Å². The number of fused-ring (bicyclic) bond motifs is 3. The molecule has 0 saturated carbocycles. The molecule has 0 radical (unpaired) electrons. The third-order valence-electron chi connectivity index (χ3n) is 2.71. The minimum Gasteiger partial charge on any atom is -0.135 e. The molecule has 0 bridgehead atoms. The average molecular weight is 356 g/mol. The number of halogens is 2. The van der Waals surface area contributed by atoms with Crippen LogP contribution in [0.3, 0.4) is 0 Å². The van der Waals surface area contributed by atoms with E-state index in [0.717, 1.165) is 4.47 Å². The molecular formula is C13H8Br2S. The van der Waals surface area contributed by atoms with Crippen LogP contribution in [0.15, 0.2) is 39.3 Å². The molecule has 3 heteroatoms. The number of hydrogen-bond acceptors (Lipinski definition) is 1. The predicted molar refractivity (Wildman–Crippen MR) is 79.5 cm³/mol. The van der Waals surface area contributed by atoms with E-state index >= 15 is 0 Å². The van der Waals surface area contributed by atoms with Crippen LogP contribution in [0.25, 0.3) is 20.2 Å². The average Bonchev–Trinajstić information content (AvgIpc) is 2.55. The normalized spacial score (nSPS) is 11.4. The van der Waals surface area contributed by atoms with Gasteiger partial charge >= 0.3 is 0 Å². The van der Waals surface area contributed by atoms with Crippen LogP contribution in [0.2, 0.25) is 0 Å². The summed E-state index contributed by atoms with van der Waals surface area (Å²) in [6.45, 7) is 2.13. The Balaban J connectivity index is 2.51. The third-order valence-corrected chi connectivity index (χ3v) is 5.18. The van der Waals surface area contributed by atoms with Gasteiger partial charge in [-0.1, -0.05) is 37.9 Å². The summed E-state index contributed by atoms with van der Waals surface area (Å²) in [4.78, 5) is 0. The maximum absolute atomic E-state index is 3.59. The molecule has 0 nitrogen and oxygen atoms in total. The van der Waals surface area contributed by atoms with Crippen molar-refractivity contribution in [1.82, 2.24) is 0 Å². The summed E-state index contributed by atoms with van der Waals surface area (Å²) in [5, 5.41) is 2.70. The van der Waals surface area contributed by atoms with Crippen LogP contribution in [-0.2, 0) is 0 Å². The fourth-order valence-corrected chi connectivity index (χ4v) is 4.05. The highest BCUT2D eigenvalue weighted by Gasteiger charge is 2.07. The molecule has 0 amide bonds. The van der Waals surface area contributed by atoms with Crippen molar-refractivity contribution in [2.45, 2.75) is 6.92 Å². The SMILES string of the molecule is Cc1cc2c(cc1Br)sc1cc(Br)ccc12. The zero-order valence-electron chi connectivity index (χ0n) is 8.55. The molecule has 3 aromatic rings. The quantitative estimate of drug-likeness (QED) is 0.471. The van der Waals surface area contributed by atoms with Gasteiger partial charge in [-0.05, 0) is 36.8 Å². The van der Waals surface area contributed by atoms with Gasteiger partial charge in [0.2, 0.25) is 0 Å². The first kappa shape index (κ1) is 10.8. The van der Waals surface area contributed by atoms with Crippen LogP contribution in [-0.4, -0.2) is 0 Å². The van der Waals surface area contributed by atoms with Gasteiger partial charge in [0.1, 0.15) is 0 Å². The number of aryl methyl sites for hydroxylation is 1. The Kier molecular flexibility index (Phi) is 2.57. The fraction of sp³-hybridized carbons (Fsp3) is 0.0769. The Morgan fingerprint density at radius 3 is 2.50 bits per heavy atom. The third kappa shape index (κ3) is 1.62. The summed E-state index contributed by atoms with van der Waals surface area (Å²) < 4.78 is 5.00. The number of benzene rings is 2. The van der Waals surface area contributed by atoms with E-state index in [1.165, 1.54) is 30.2 Å². The molecule has 0 fully saturated rings.